The van der Waals surface area contributed by atoms with E-state index in [1.807, 2.05) is 0 Å². The van der Waals surface area contributed by atoms with Gasteiger partial charge in [0.15, 0.2) is 11.6 Å². The average molecular weight is 300 g/mol. The maximum atomic E-state index is 13.9. The Morgan fingerprint density at radius 2 is 2.19 bits per heavy atom. The first-order chi connectivity index (χ1) is 9.95. The van der Waals surface area contributed by atoms with Gasteiger partial charge in [0.05, 0.1) is 29.4 Å². The van der Waals surface area contributed by atoms with Crippen molar-refractivity contribution in [2.45, 2.75) is 18.4 Å². The van der Waals surface area contributed by atoms with Crippen LogP contribution in [0.25, 0.3) is 0 Å². The number of methoxy groups -OCH3 is 1. The minimum atomic E-state index is -0.973. The monoisotopic (exact) mass is 300 g/mol. The zero-order valence-corrected chi connectivity index (χ0v) is 11.6. The second-order valence-electron chi connectivity index (χ2n) is 4.95. The molecule has 0 saturated carbocycles. The Balaban J connectivity index is 2.14. The number of hydrogen-bond acceptors (Lipinski definition) is 6. The van der Waals surface area contributed by atoms with Gasteiger partial charge < -0.3 is 19.9 Å². The summed E-state index contributed by atoms with van der Waals surface area (Å²) in [5.41, 5.74) is -1.36. The highest BCUT2D eigenvalue weighted by Crippen LogP contribution is 2.32. The minimum Gasteiger partial charge on any atom is -0.490 e. The van der Waals surface area contributed by atoms with Crippen LogP contribution in [-0.4, -0.2) is 42.5 Å². The summed E-state index contributed by atoms with van der Waals surface area (Å²) in [5, 5.41) is 23.9. The predicted molar refractivity (Wildman–Crippen MR) is 73.1 cm³/mol. The summed E-state index contributed by atoms with van der Waals surface area (Å²) < 4.78 is 23.9. The molecule has 2 rings (SSSR count). The summed E-state index contributed by atoms with van der Waals surface area (Å²) in [6.07, 6.45) is 0.900. The van der Waals surface area contributed by atoms with E-state index in [2.05, 4.69) is 5.32 Å². The molecule has 1 aromatic carbocycles. The van der Waals surface area contributed by atoms with Gasteiger partial charge in [-0.2, -0.15) is 0 Å². The molecule has 0 spiro atoms. The van der Waals surface area contributed by atoms with Crippen LogP contribution in [0.3, 0.4) is 0 Å². The molecule has 1 saturated heterocycles. The summed E-state index contributed by atoms with van der Waals surface area (Å²) in [4.78, 5) is 10.1. The second-order valence-corrected chi connectivity index (χ2v) is 4.95. The van der Waals surface area contributed by atoms with Gasteiger partial charge in [-0.3, -0.25) is 10.1 Å². The second kappa shape index (κ2) is 6.23. The third-order valence-electron chi connectivity index (χ3n) is 3.50. The molecule has 1 aliphatic heterocycles. The highest BCUT2D eigenvalue weighted by atomic mass is 19.1. The number of benzene rings is 1. The van der Waals surface area contributed by atoms with E-state index in [1.165, 1.54) is 13.2 Å². The fraction of sp³-hybridized carbons (Fsp3) is 0.538. The van der Waals surface area contributed by atoms with Gasteiger partial charge in [0, 0.05) is 38.7 Å². The Bertz CT molecular complexity index is 532. The first-order valence-electron chi connectivity index (χ1n) is 6.51. The van der Waals surface area contributed by atoms with Crippen molar-refractivity contribution in [3.05, 3.63) is 28.1 Å². The Labute approximate surface area is 120 Å². The predicted octanol–water partition coefficient (Wildman–Crippen LogP) is 1.70. The lowest BCUT2D eigenvalue weighted by Crippen LogP contribution is -2.42. The Hall–Kier alpha value is -1.93. The van der Waals surface area contributed by atoms with Crippen LogP contribution in [0, 0.1) is 15.9 Å². The number of ether oxygens (including phenoxy) is 2. The highest BCUT2D eigenvalue weighted by Gasteiger charge is 2.30. The molecule has 1 fully saturated rings. The van der Waals surface area contributed by atoms with Crippen molar-refractivity contribution in [2.24, 2.45) is 0 Å². The van der Waals surface area contributed by atoms with Crippen molar-refractivity contribution in [1.29, 1.82) is 0 Å². The van der Waals surface area contributed by atoms with E-state index in [-0.39, 0.29) is 18.0 Å². The summed E-state index contributed by atoms with van der Waals surface area (Å²) in [7, 11) is 1.27. The molecule has 116 valence electrons. The lowest BCUT2D eigenvalue weighted by Gasteiger charge is -2.32. The number of nitrogens with zero attached hydrogens (tertiary/aromatic N) is 1. The number of halogens is 1. The maximum absolute atomic E-state index is 13.9. The van der Waals surface area contributed by atoms with E-state index < -0.39 is 22.0 Å². The largest absolute Gasteiger partial charge is 0.490 e. The molecule has 1 heterocycles. The number of aliphatic hydroxyl groups is 1. The SMILES string of the molecule is COc1cc(NCC2(O)CCOCC2)c(F)cc1[N+](=O)[O-]. The standard InChI is InChI=1S/C13H17FN2O5/c1-20-12-7-10(9(14)6-11(12)16(18)19)15-8-13(17)2-4-21-5-3-13/h6-7,15,17H,2-5,8H2,1H3. The number of nitro groups is 1. The van der Waals surface area contributed by atoms with E-state index in [0.29, 0.717) is 26.1 Å². The number of hydrogen-bond donors (Lipinski definition) is 2. The molecule has 2 N–H and O–H groups in total. The van der Waals surface area contributed by atoms with Crippen molar-refractivity contribution in [1.82, 2.24) is 0 Å². The van der Waals surface area contributed by atoms with Crippen LogP contribution in [0.1, 0.15) is 12.8 Å². The Morgan fingerprint density at radius 1 is 1.52 bits per heavy atom. The van der Waals surface area contributed by atoms with Crippen LogP contribution in [0.15, 0.2) is 12.1 Å². The van der Waals surface area contributed by atoms with Crippen LogP contribution < -0.4 is 10.1 Å². The zero-order chi connectivity index (χ0) is 15.5. The van der Waals surface area contributed by atoms with Crippen LogP contribution >= 0.6 is 0 Å². The minimum absolute atomic E-state index is 0.0390. The number of rotatable bonds is 5. The summed E-state index contributed by atoms with van der Waals surface area (Å²) in [6.45, 7) is 1.03. The van der Waals surface area contributed by atoms with Gasteiger partial charge in [-0.1, -0.05) is 0 Å². The molecule has 21 heavy (non-hydrogen) atoms. The molecule has 7 nitrogen and oxygen atoms in total. The molecule has 1 aliphatic rings. The van der Waals surface area contributed by atoms with E-state index in [0.717, 1.165) is 6.07 Å². The Kier molecular flexibility index (Phi) is 4.59. The molecular weight excluding hydrogens is 283 g/mol. The van der Waals surface area contributed by atoms with Crippen molar-refractivity contribution < 1.29 is 23.9 Å². The van der Waals surface area contributed by atoms with E-state index >= 15 is 0 Å². The van der Waals surface area contributed by atoms with Crippen LogP contribution in [-0.2, 0) is 4.74 Å². The molecule has 0 unspecified atom stereocenters. The fourth-order valence-electron chi connectivity index (χ4n) is 2.17. The van der Waals surface area contributed by atoms with E-state index in [1.54, 1.807) is 0 Å². The number of nitro benzene ring substituents is 1. The first-order valence-corrected chi connectivity index (χ1v) is 6.51. The summed E-state index contributed by atoms with van der Waals surface area (Å²) in [5.74, 6) is -0.805. The average Bonchev–Trinajstić information content (AvgIpc) is 2.46. The molecule has 0 radical (unpaired) electrons. The molecular formula is C13H17FN2O5. The van der Waals surface area contributed by atoms with Gasteiger partial charge >= 0.3 is 5.69 Å². The van der Waals surface area contributed by atoms with Crippen molar-refractivity contribution in [3.8, 4) is 5.75 Å². The van der Waals surface area contributed by atoms with Crippen LogP contribution in [0.4, 0.5) is 15.8 Å². The first kappa shape index (κ1) is 15.5. The van der Waals surface area contributed by atoms with E-state index in [4.69, 9.17) is 9.47 Å². The lowest BCUT2D eigenvalue weighted by molar-refractivity contribution is -0.385. The summed E-state index contributed by atoms with van der Waals surface area (Å²) in [6, 6.07) is 2.02. The van der Waals surface area contributed by atoms with Gasteiger partial charge in [0.2, 0.25) is 0 Å². The fourth-order valence-corrected chi connectivity index (χ4v) is 2.17. The quantitative estimate of drug-likeness (QED) is 0.635. The molecule has 0 bridgehead atoms. The maximum Gasteiger partial charge on any atom is 0.313 e. The number of anilines is 1. The third kappa shape index (κ3) is 3.59. The molecule has 1 aromatic rings. The van der Waals surface area contributed by atoms with Crippen molar-refractivity contribution in [2.75, 3.05) is 32.2 Å². The van der Waals surface area contributed by atoms with Crippen molar-refractivity contribution in [3.63, 3.8) is 0 Å². The van der Waals surface area contributed by atoms with Crippen molar-refractivity contribution >= 4 is 11.4 Å². The zero-order valence-electron chi connectivity index (χ0n) is 11.6. The molecule has 0 atom stereocenters. The smallest absolute Gasteiger partial charge is 0.313 e. The number of nitrogens with one attached hydrogen (secondary N) is 1. The molecule has 0 aliphatic carbocycles. The van der Waals surface area contributed by atoms with Gasteiger partial charge in [-0.15, -0.1) is 0 Å². The van der Waals surface area contributed by atoms with Crippen LogP contribution in [0.2, 0.25) is 0 Å². The van der Waals surface area contributed by atoms with E-state index in [9.17, 15) is 19.6 Å². The normalized spacial score (nSPS) is 17.3. The van der Waals surface area contributed by atoms with Gasteiger partial charge in [0.1, 0.15) is 0 Å². The van der Waals surface area contributed by atoms with Gasteiger partial charge in [-0.05, 0) is 0 Å². The summed E-state index contributed by atoms with van der Waals surface area (Å²) >= 11 is 0. The topological polar surface area (TPSA) is 93.9 Å². The molecule has 0 amide bonds. The van der Waals surface area contributed by atoms with Gasteiger partial charge in [0.25, 0.3) is 0 Å². The molecule has 8 heteroatoms. The van der Waals surface area contributed by atoms with Crippen LogP contribution in [0.5, 0.6) is 5.75 Å². The highest BCUT2D eigenvalue weighted by molar-refractivity contribution is 5.59. The third-order valence-corrected chi connectivity index (χ3v) is 3.50. The molecule has 0 aromatic heterocycles. The lowest BCUT2D eigenvalue weighted by atomic mass is 9.94. The Morgan fingerprint density at radius 3 is 2.76 bits per heavy atom. The van der Waals surface area contributed by atoms with Gasteiger partial charge in [-0.25, -0.2) is 4.39 Å².